The summed E-state index contributed by atoms with van der Waals surface area (Å²) in [7, 11) is 0. The maximum absolute atomic E-state index is 15.6. The molecule has 0 saturated heterocycles. The van der Waals surface area contributed by atoms with E-state index in [0.717, 1.165) is 29.9 Å². The van der Waals surface area contributed by atoms with Gasteiger partial charge in [-0.3, -0.25) is 9.80 Å². The predicted octanol–water partition coefficient (Wildman–Crippen LogP) is 5.17. The minimum atomic E-state index is -0.954. The van der Waals surface area contributed by atoms with Gasteiger partial charge in [-0.15, -0.1) is 0 Å². The first-order valence-electron chi connectivity index (χ1n) is 12.3. The molecule has 0 bridgehead atoms. The monoisotopic (exact) mass is 538 g/mol. The van der Waals surface area contributed by atoms with Gasteiger partial charge in [-0.05, 0) is 50.1 Å². The van der Waals surface area contributed by atoms with Crippen molar-refractivity contribution in [2.45, 2.75) is 31.9 Å². The number of nitriles is 1. The van der Waals surface area contributed by atoms with Gasteiger partial charge in [0.25, 0.3) is 0 Å². The Hall–Kier alpha value is -3.78. The van der Waals surface area contributed by atoms with E-state index >= 15 is 8.78 Å². The zero-order valence-corrected chi connectivity index (χ0v) is 21.3. The van der Waals surface area contributed by atoms with Gasteiger partial charge in [-0.1, -0.05) is 17.7 Å². The number of aliphatic hydroxyl groups excluding tert-OH is 1. The zero-order chi connectivity index (χ0) is 27.0. The van der Waals surface area contributed by atoms with Crippen LogP contribution >= 0.6 is 11.6 Å². The van der Waals surface area contributed by atoms with E-state index in [0.29, 0.717) is 35.1 Å². The van der Waals surface area contributed by atoms with Crippen LogP contribution in [0.4, 0.5) is 36.5 Å². The molecule has 1 saturated carbocycles. The fraction of sp³-hybridized carbons (Fsp3) is 0.296. The van der Waals surface area contributed by atoms with E-state index in [9.17, 15) is 15.2 Å². The molecule has 1 aromatic heterocycles. The Bertz CT molecular complexity index is 1420. The number of anilines is 4. The number of urea groups is 1. The van der Waals surface area contributed by atoms with Gasteiger partial charge in [0.15, 0.2) is 11.6 Å². The van der Waals surface area contributed by atoms with Crippen LogP contribution in [0.3, 0.4) is 0 Å². The van der Waals surface area contributed by atoms with Crippen LogP contribution in [0.1, 0.15) is 25.3 Å². The van der Waals surface area contributed by atoms with Gasteiger partial charge < -0.3 is 15.7 Å². The van der Waals surface area contributed by atoms with E-state index in [1.807, 2.05) is 6.07 Å². The number of carbonyl (C=O) groups excluding carboxylic acids is 1. The van der Waals surface area contributed by atoms with Crippen molar-refractivity contribution in [3.8, 4) is 17.2 Å². The molecule has 1 aliphatic carbocycles. The molecule has 1 fully saturated rings. The molecule has 0 spiro atoms. The van der Waals surface area contributed by atoms with Crippen molar-refractivity contribution in [2.75, 3.05) is 34.8 Å². The number of nitrogens with zero attached hydrogens (tertiary/aromatic N) is 4. The highest BCUT2D eigenvalue weighted by molar-refractivity contribution is 6.31. The molecule has 1 aliphatic heterocycles. The van der Waals surface area contributed by atoms with Crippen LogP contribution < -0.4 is 20.4 Å². The highest BCUT2D eigenvalue weighted by atomic mass is 35.5. The average Bonchev–Trinajstić information content (AvgIpc) is 2.99. The summed E-state index contributed by atoms with van der Waals surface area (Å²) in [6.45, 7) is 2.77. The summed E-state index contributed by atoms with van der Waals surface area (Å²) in [5.41, 5.74) is 0.937. The van der Waals surface area contributed by atoms with Crippen LogP contribution in [0.5, 0.6) is 0 Å². The number of fused-ring (bicyclic) bond motifs is 3. The Morgan fingerprint density at radius 3 is 2.55 bits per heavy atom. The molecular formula is C27H25ClF2N6O2. The normalized spacial score (nSPS) is 18.3. The van der Waals surface area contributed by atoms with Gasteiger partial charge in [0.05, 0.1) is 28.4 Å². The lowest BCUT2D eigenvalue weighted by molar-refractivity contribution is 0.0509. The average molecular weight is 539 g/mol. The van der Waals surface area contributed by atoms with Gasteiger partial charge >= 0.3 is 6.03 Å². The van der Waals surface area contributed by atoms with E-state index in [1.54, 1.807) is 25.1 Å². The van der Waals surface area contributed by atoms with Crippen LogP contribution in [0.25, 0.3) is 11.1 Å². The Morgan fingerprint density at radius 1 is 1.16 bits per heavy atom. The molecule has 0 unspecified atom stereocenters. The summed E-state index contributed by atoms with van der Waals surface area (Å²) in [4.78, 5) is 20.4. The van der Waals surface area contributed by atoms with E-state index in [1.165, 1.54) is 17.2 Å². The maximum atomic E-state index is 15.6. The second-order valence-electron chi connectivity index (χ2n) is 9.15. The largest absolute Gasteiger partial charge is 0.392 e. The first kappa shape index (κ1) is 25.9. The topological polar surface area (TPSA) is 105 Å². The molecule has 38 heavy (non-hydrogen) atoms. The van der Waals surface area contributed by atoms with Gasteiger partial charge in [0, 0.05) is 48.7 Å². The Balaban J connectivity index is 1.54. The molecule has 196 valence electrons. The van der Waals surface area contributed by atoms with Crippen molar-refractivity contribution in [3.63, 3.8) is 0 Å². The SMILES string of the molecule is CCN1C(=O)N(c2c(F)cc(NCCN[C@@H]3CC[C@@H]3O)cc2F)c2cc(C#N)ccc2-c2cc(Cl)cnc21. The number of hydrogen-bond donors (Lipinski definition) is 3. The van der Waals surface area contributed by atoms with Gasteiger partial charge in [-0.2, -0.15) is 5.26 Å². The summed E-state index contributed by atoms with van der Waals surface area (Å²) in [5.74, 6) is -1.62. The van der Waals surface area contributed by atoms with Crippen LogP contribution in [0.15, 0.2) is 42.6 Å². The molecular weight excluding hydrogens is 514 g/mol. The number of amides is 2. The van der Waals surface area contributed by atoms with Crippen molar-refractivity contribution in [3.05, 3.63) is 64.8 Å². The molecule has 2 aliphatic rings. The Morgan fingerprint density at radius 2 is 1.92 bits per heavy atom. The van der Waals surface area contributed by atoms with Gasteiger partial charge in [-0.25, -0.2) is 18.6 Å². The minimum Gasteiger partial charge on any atom is -0.392 e. The lowest BCUT2D eigenvalue weighted by Gasteiger charge is -2.33. The Labute approximate surface area is 223 Å². The number of aromatic nitrogens is 1. The fourth-order valence-corrected chi connectivity index (χ4v) is 4.90. The quantitative estimate of drug-likeness (QED) is 0.358. The number of hydrogen-bond acceptors (Lipinski definition) is 6. The molecule has 5 rings (SSSR count). The van der Waals surface area contributed by atoms with Crippen molar-refractivity contribution in [2.24, 2.45) is 0 Å². The molecule has 0 radical (unpaired) electrons. The fourth-order valence-electron chi connectivity index (χ4n) is 4.74. The number of aliphatic hydroxyl groups is 1. The summed E-state index contributed by atoms with van der Waals surface area (Å²) in [6.07, 6.45) is 2.69. The summed E-state index contributed by atoms with van der Waals surface area (Å²) in [6, 6.07) is 9.81. The van der Waals surface area contributed by atoms with Crippen molar-refractivity contribution in [1.29, 1.82) is 5.26 Å². The standard InChI is InChI=1S/C27H25ClF2N6O2/c1-2-35-26-19(10-16(28)14-34-26)18-4-3-15(13-31)9-23(18)36(27(35)38)25-20(29)11-17(12-21(25)30)32-7-8-33-22-5-6-24(22)37/h3-4,9-12,14,22,24,32-33,37H,2,5-8H2,1H3/t22-,24+/m1/s1. The second kappa shape index (κ2) is 10.5. The van der Waals surface area contributed by atoms with Gasteiger partial charge in [0.1, 0.15) is 11.5 Å². The second-order valence-corrected chi connectivity index (χ2v) is 9.59. The van der Waals surface area contributed by atoms with Crippen LogP contribution in [-0.4, -0.2) is 47.9 Å². The van der Waals surface area contributed by atoms with E-state index < -0.39 is 23.4 Å². The molecule has 2 amide bonds. The van der Waals surface area contributed by atoms with Crippen molar-refractivity contribution in [1.82, 2.24) is 10.3 Å². The predicted molar refractivity (Wildman–Crippen MR) is 142 cm³/mol. The molecule has 2 heterocycles. The molecule has 11 heteroatoms. The number of benzene rings is 2. The molecule has 2 atom stereocenters. The highest BCUT2D eigenvalue weighted by Gasteiger charge is 2.36. The summed E-state index contributed by atoms with van der Waals surface area (Å²) in [5, 5.41) is 25.7. The maximum Gasteiger partial charge on any atom is 0.334 e. The third-order valence-corrected chi connectivity index (χ3v) is 7.03. The number of halogens is 3. The van der Waals surface area contributed by atoms with E-state index in [4.69, 9.17) is 11.6 Å². The zero-order valence-electron chi connectivity index (χ0n) is 20.5. The lowest BCUT2D eigenvalue weighted by atomic mass is 9.89. The number of carbonyl (C=O) groups is 1. The minimum absolute atomic E-state index is 0.0371. The molecule has 3 aromatic rings. The third-order valence-electron chi connectivity index (χ3n) is 6.82. The van der Waals surface area contributed by atoms with Crippen LogP contribution in [0.2, 0.25) is 5.02 Å². The summed E-state index contributed by atoms with van der Waals surface area (Å²) >= 11 is 6.22. The molecule has 8 nitrogen and oxygen atoms in total. The summed E-state index contributed by atoms with van der Waals surface area (Å²) < 4.78 is 31.2. The first-order valence-corrected chi connectivity index (χ1v) is 12.7. The highest BCUT2D eigenvalue weighted by Crippen LogP contribution is 2.45. The molecule has 3 N–H and O–H groups in total. The van der Waals surface area contributed by atoms with E-state index in [-0.39, 0.29) is 35.6 Å². The number of nitrogens with one attached hydrogen (secondary N) is 2. The first-order chi connectivity index (χ1) is 18.3. The lowest BCUT2D eigenvalue weighted by Crippen LogP contribution is -2.49. The van der Waals surface area contributed by atoms with Crippen molar-refractivity contribution >= 4 is 40.5 Å². The molecule has 2 aromatic carbocycles. The van der Waals surface area contributed by atoms with Crippen molar-refractivity contribution < 1.29 is 18.7 Å². The van der Waals surface area contributed by atoms with Crippen LogP contribution in [-0.2, 0) is 0 Å². The number of rotatable bonds is 7. The van der Waals surface area contributed by atoms with E-state index in [2.05, 4.69) is 15.6 Å². The third kappa shape index (κ3) is 4.65. The van der Waals surface area contributed by atoms with Crippen LogP contribution in [0, 0.1) is 23.0 Å². The number of pyridine rings is 1. The smallest absolute Gasteiger partial charge is 0.334 e. The Kier molecular flexibility index (Phi) is 7.17. The van der Waals surface area contributed by atoms with Gasteiger partial charge in [0.2, 0.25) is 0 Å².